The summed E-state index contributed by atoms with van der Waals surface area (Å²) in [5.74, 6) is -0.367. The smallest absolute Gasteiger partial charge is 0.213 e. The minimum Gasteiger partial charge on any atom is -0.361 e. The Hall–Kier alpha value is -1.98. The van der Waals surface area contributed by atoms with Crippen molar-refractivity contribution in [3.63, 3.8) is 0 Å². The SMILES string of the molecule is O=CC(=O)C1CN(Cc2c[nH]c3ccccc23)CCN1. The molecule has 0 bridgehead atoms. The van der Waals surface area contributed by atoms with Crippen LogP contribution in [0.2, 0.25) is 0 Å². The zero-order valence-corrected chi connectivity index (χ0v) is 11.1. The van der Waals surface area contributed by atoms with Crippen molar-refractivity contribution in [2.45, 2.75) is 12.6 Å². The summed E-state index contributed by atoms with van der Waals surface area (Å²) in [4.78, 5) is 27.5. The van der Waals surface area contributed by atoms with E-state index in [1.807, 2.05) is 18.3 Å². The van der Waals surface area contributed by atoms with E-state index >= 15 is 0 Å². The number of ketones is 1. The van der Waals surface area contributed by atoms with Gasteiger partial charge in [-0.25, -0.2) is 0 Å². The third-order valence-corrected chi connectivity index (χ3v) is 3.79. The monoisotopic (exact) mass is 271 g/mol. The first-order valence-corrected chi connectivity index (χ1v) is 6.77. The second-order valence-electron chi connectivity index (χ2n) is 5.12. The molecule has 20 heavy (non-hydrogen) atoms. The van der Waals surface area contributed by atoms with E-state index in [9.17, 15) is 9.59 Å². The number of rotatable bonds is 4. The lowest BCUT2D eigenvalue weighted by Crippen LogP contribution is -2.54. The third-order valence-electron chi connectivity index (χ3n) is 3.79. The van der Waals surface area contributed by atoms with Crippen molar-refractivity contribution >= 4 is 23.0 Å². The molecular formula is C15H17N3O2. The van der Waals surface area contributed by atoms with E-state index in [2.05, 4.69) is 27.3 Å². The molecule has 3 rings (SSSR count). The molecule has 0 radical (unpaired) electrons. The highest BCUT2D eigenvalue weighted by atomic mass is 16.2. The van der Waals surface area contributed by atoms with Crippen LogP contribution in [0.15, 0.2) is 30.5 Å². The minimum atomic E-state index is -0.369. The molecule has 1 fully saturated rings. The van der Waals surface area contributed by atoms with Gasteiger partial charge >= 0.3 is 0 Å². The minimum absolute atomic E-state index is 0.367. The molecule has 104 valence electrons. The van der Waals surface area contributed by atoms with Crippen molar-refractivity contribution in [2.24, 2.45) is 0 Å². The number of carbonyl (C=O) groups is 2. The van der Waals surface area contributed by atoms with E-state index in [0.717, 1.165) is 25.2 Å². The zero-order chi connectivity index (χ0) is 13.9. The Kier molecular flexibility index (Phi) is 3.62. The Bertz CT molecular complexity index is 635. The number of aromatic nitrogens is 1. The normalized spacial score (nSPS) is 20.1. The van der Waals surface area contributed by atoms with Gasteiger partial charge in [0.2, 0.25) is 5.78 Å². The lowest BCUT2D eigenvalue weighted by atomic mass is 10.1. The number of aldehydes is 1. The van der Waals surface area contributed by atoms with Crippen LogP contribution in [0.4, 0.5) is 0 Å². The van der Waals surface area contributed by atoms with Crippen molar-refractivity contribution in [3.05, 3.63) is 36.0 Å². The van der Waals surface area contributed by atoms with Gasteiger partial charge in [0.25, 0.3) is 0 Å². The van der Waals surface area contributed by atoms with Gasteiger partial charge in [0.15, 0.2) is 6.29 Å². The molecule has 5 heteroatoms. The van der Waals surface area contributed by atoms with Crippen LogP contribution in [0.3, 0.4) is 0 Å². The van der Waals surface area contributed by atoms with E-state index in [1.165, 1.54) is 10.9 Å². The molecule has 0 saturated carbocycles. The maximum Gasteiger partial charge on any atom is 0.213 e. The number of fused-ring (bicyclic) bond motifs is 1. The molecule has 2 heterocycles. The number of Topliss-reactive ketones (excluding diaryl/α,β-unsaturated/α-hetero) is 1. The number of hydrogen-bond acceptors (Lipinski definition) is 4. The molecule has 1 aliphatic heterocycles. The molecule has 0 amide bonds. The van der Waals surface area contributed by atoms with Crippen LogP contribution in [-0.2, 0) is 16.1 Å². The molecule has 0 spiro atoms. The molecule has 1 aliphatic rings. The standard InChI is InChI=1S/C15H17N3O2/c19-10-15(20)14-9-18(6-5-16-14)8-11-7-17-13-4-2-1-3-12(11)13/h1-4,7,10,14,16-17H,5-6,8-9H2. The quantitative estimate of drug-likeness (QED) is 0.635. The highest BCUT2D eigenvalue weighted by Gasteiger charge is 2.25. The zero-order valence-electron chi connectivity index (χ0n) is 11.1. The first-order valence-electron chi connectivity index (χ1n) is 6.77. The summed E-state index contributed by atoms with van der Waals surface area (Å²) in [7, 11) is 0. The maximum absolute atomic E-state index is 11.5. The Morgan fingerprint density at radius 3 is 3.10 bits per heavy atom. The largest absolute Gasteiger partial charge is 0.361 e. The van der Waals surface area contributed by atoms with Gasteiger partial charge in [0.05, 0.1) is 6.04 Å². The number of piperazine rings is 1. The summed E-state index contributed by atoms with van der Waals surface area (Å²) in [6.45, 7) is 2.97. The average Bonchev–Trinajstić information content (AvgIpc) is 2.90. The predicted molar refractivity (Wildman–Crippen MR) is 76.4 cm³/mol. The summed E-state index contributed by atoms with van der Waals surface area (Å²) < 4.78 is 0. The summed E-state index contributed by atoms with van der Waals surface area (Å²) in [6.07, 6.45) is 2.43. The van der Waals surface area contributed by atoms with E-state index in [-0.39, 0.29) is 11.8 Å². The number of aromatic amines is 1. The molecule has 2 N–H and O–H groups in total. The first-order chi connectivity index (χ1) is 9.78. The number of H-pyrrole nitrogens is 1. The van der Waals surface area contributed by atoms with E-state index in [4.69, 9.17) is 0 Å². The van der Waals surface area contributed by atoms with Crippen LogP contribution in [0.25, 0.3) is 10.9 Å². The summed E-state index contributed by atoms with van der Waals surface area (Å²) in [5, 5.41) is 4.30. The number of hydrogen-bond donors (Lipinski definition) is 2. The van der Waals surface area contributed by atoms with Crippen molar-refractivity contribution in [1.29, 1.82) is 0 Å². The van der Waals surface area contributed by atoms with Gasteiger partial charge in [-0.2, -0.15) is 0 Å². The van der Waals surface area contributed by atoms with Crippen molar-refractivity contribution in [1.82, 2.24) is 15.2 Å². The van der Waals surface area contributed by atoms with Gasteiger partial charge in [0, 0.05) is 43.3 Å². The number of para-hydroxylation sites is 1. The molecule has 5 nitrogen and oxygen atoms in total. The molecule has 1 atom stereocenters. The van der Waals surface area contributed by atoms with Gasteiger partial charge in [0.1, 0.15) is 0 Å². The predicted octanol–water partition coefficient (Wildman–Crippen LogP) is 0.710. The first kappa shape index (κ1) is 13.0. The van der Waals surface area contributed by atoms with Crippen LogP contribution < -0.4 is 5.32 Å². The van der Waals surface area contributed by atoms with Crippen LogP contribution in [0.5, 0.6) is 0 Å². The third kappa shape index (κ3) is 2.50. The Morgan fingerprint density at radius 1 is 1.40 bits per heavy atom. The molecule has 1 aromatic heterocycles. The Balaban J connectivity index is 1.74. The lowest BCUT2D eigenvalue weighted by Gasteiger charge is -2.31. The summed E-state index contributed by atoms with van der Waals surface area (Å²) in [6, 6.07) is 7.81. The van der Waals surface area contributed by atoms with Crippen LogP contribution in [-0.4, -0.2) is 47.6 Å². The molecule has 1 saturated heterocycles. The molecule has 2 aromatic rings. The Labute approximate surface area is 117 Å². The molecule has 1 unspecified atom stereocenters. The second-order valence-corrected chi connectivity index (χ2v) is 5.12. The number of carbonyl (C=O) groups excluding carboxylic acids is 2. The average molecular weight is 271 g/mol. The van der Waals surface area contributed by atoms with Gasteiger partial charge < -0.3 is 10.3 Å². The van der Waals surface area contributed by atoms with E-state index in [1.54, 1.807) is 0 Å². The van der Waals surface area contributed by atoms with Crippen molar-refractivity contribution in [2.75, 3.05) is 19.6 Å². The number of nitrogens with one attached hydrogen (secondary N) is 2. The number of nitrogens with zero attached hydrogens (tertiary/aromatic N) is 1. The van der Waals surface area contributed by atoms with Crippen LogP contribution in [0.1, 0.15) is 5.56 Å². The summed E-state index contributed by atoms with van der Waals surface area (Å²) >= 11 is 0. The maximum atomic E-state index is 11.5. The van der Waals surface area contributed by atoms with Gasteiger partial charge in [-0.1, -0.05) is 18.2 Å². The van der Waals surface area contributed by atoms with Gasteiger partial charge in [-0.05, 0) is 11.6 Å². The Morgan fingerprint density at radius 2 is 2.25 bits per heavy atom. The highest BCUT2D eigenvalue weighted by molar-refractivity contribution is 6.27. The number of benzene rings is 1. The van der Waals surface area contributed by atoms with E-state index < -0.39 is 0 Å². The van der Waals surface area contributed by atoms with E-state index in [0.29, 0.717) is 12.8 Å². The molecule has 0 aliphatic carbocycles. The molecule has 1 aromatic carbocycles. The summed E-state index contributed by atoms with van der Waals surface area (Å²) in [5.41, 5.74) is 2.35. The highest BCUT2D eigenvalue weighted by Crippen LogP contribution is 2.19. The topological polar surface area (TPSA) is 65.2 Å². The van der Waals surface area contributed by atoms with Crippen LogP contribution >= 0.6 is 0 Å². The molecular weight excluding hydrogens is 254 g/mol. The fourth-order valence-corrected chi connectivity index (χ4v) is 2.73. The van der Waals surface area contributed by atoms with Gasteiger partial charge in [-0.3, -0.25) is 14.5 Å². The van der Waals surface area contributed by atoms with Crippen molar-refractivity contribution in [3.8, 4) is 0 Å². The van der Waals surface area contributed by atoms with Gasteiger partial charge in [-0.15, -0.1) is 0 Å². The fourth-order valence-electron chi connectivity index (χ4n) is 2.73. The fraction of sp³-hybridized carbons (Fsp3) is 0.333. The second kappa shape index (κ2) is 5.56. The van der Waals surface area contributed by atoms with Crippen LogP contribution in [0, 0.1) is 0 Å². The lowest BCUT2D eigenvalue weighted by molar-refractivity contribution is -0.132. The van der Waals surface area contributed by atoms with Crippen molar-refractivity contribution < 1.29 is 9.59 Å².